The van der Waals surface area contributed by atoms with E-state index in [1.54, 1.807) is 6.92 Å². The quantitative estimate of drug-likeness (QED) is 0.850. The molecule has 0 aliphatic carbocycles. The van der Waals surface area contributed by atoms with Crippen molar-refractivity contribution in [3.63, 3.8) is 0 Å². The number of thiazole rings is 1. The Hall–Kier alpha value is -1.78. The van der Waals surface area contributed by atoms with Crippen LogP contribution < -0.4 is 4.72 Å². The summed E-state index contributed by atoms with van der Waals surface area (Å²) in [6, 6.07) is -0.665. The van der Waals surface area contributed by atoms with Crippen LogP contribution in [0.1, 0.15) is 39.9 Å². The van der Waals surface area contributed by atoms with Crippen molar-refractivity contribution in [2.24, 2.45) is 0 Å². The van der Waals surface area contributed by atoms with Crippen molar-refractivity contribution >= 4 is 27.3 Å². The van der Waals surface area contributed by atoms with Gasteiger partial charge in [-0.05, 0) is 20.8 Å². The topological polar surface area (TPSA) is 122 Å². The summed E-state index contributed by atoms with van der Waals surface area (Å²) in [5.74, 6) is -0.962. The standard InChI is InChI=1S/C11H13N3O5S2/c1-5-9(7(3)19-13-5)21(17,18)14-6(2)10-12-8(4-20-10)11(15)16/h4,6,14H,1-3H3,(H,15,16). The molecule has 1 unspecified atom stereocenters. The lowest BCUT2D eigenvalue weighted by Gasteiger charge is -2.11. The number of nitrogens with one attached hydrogen (secondary N) is 1. The highest BCUT2D eigenvalue weighted by Gasteiger charge is 2.27. The SMILES string of the molecule is Cc1noc(C)c1S(=O)(=O)NC(C)c1nc(C(=O)O)cs1. The largest absolute Gasteiger partial charge is 0.476 e. The molecule has 2 aromatic heterocycles. The second-order valence-electron chi connectivity index (χ2n) is 4.37. The van der Waals surface area contributed by atoms with E-state index in [1.165, 1.54) is 19.2 Å². The molecule has 0 aliphatic heterocycles. The molecular formula is C11H13N3O5S2. The fourth-order valence-corrected chi connectivity index (χ4v) is 4.20. The minimum Gasteiger partial charge on any atom is -0.476 e. The second kappa shape index (κ2) is 5.54. The highest BCUT2D eigenvalue weighted by atomic mass is 32.2. The van der Waals surface area contributed by atoms with E-state index < -0.39 is 22.0 Å². The van der Waals surface area contributed by atoms with Gasteiger partial charge in [-0.15, -0.1) is 11.3 Å². The molecule has 10 heteroatoms. The van der Waals surface area contributed by atoms with Crippen LogP contribution in [0.5, 0.6) is 0 Å². The number of carboxylic acid groups (broad SMARTS) is 1. The molecule has 0 aromatic carbocycles. The zero-order chi connectivity index (χ0) is 15.8. The maximum Gasteiger partial charge on any atom is 0.355 e. The highest BCUT2D eigenvalue weighted by Crippen LogP contribution is 2.23. The molecule has 0 aliphatic rings. The molecule has 0 spiro atoms. The van der Waals surface area contributed by atoms with E-state index in [-0.39, 0.29) is 22.0 Å². The number of hydrogen-bond donors (Lipinski definition) is 2. The Kier molecular flexibility index (Phi) is 4.12. The number of nitrogens with zero attached hydrogens (tertiary/aromatic N) is 2. The zero-order valence-electron chi connectivity index (χ0n) is 11.4. The van der Waals surface area contributed by atoms with Crippen molar-refractivity contribution in [1.82, 2.24) is 14.9 Å². The molecule has 0 saturated carbocycles. The van der Waals surface area contributed by atoms with E-state index in [0.717, 1.165) is 11.3 Å². The molecule has 0 bridgehead atoms. The van der Waals surface area contributed by atoms with Crippen LogP contribution in [0, 0.1) is 13.8 Å². The number of carboxylic acids is 1. The van der Waals surface area contributed by atoms with Crippen LogP contribution in [-0.4, -0.2) is 29.6 Å². The van der Waals surface area contributed by atoms with Crippen LogP contribution in [0.4, 0.5) is 0 Å². The molecule has 0 radical (unpaired) electrons. The lowest BCUT2D eigenvalue weighted by molar-refractivity contribution is 0.0691. The molecule has 0 fully saturated rings. The molecule has 21 heavy (non-hydrogen) atoms. The smallest absolute Gasteiger partial charge is 0.355 e. The van der Waals surface area contributed by atoms with Gasteiger partial charge >= 0.3 is 5.97 Å². The van der Waals surface area contributed by atoms with Gasteiger partial charge in [0.2, 0.25) is 10.0 Å². The molecule has 8 nitrogen and oxygen atoms in total. The van der Waals surface area contributed by atoms with Crippen molar-refractivity contribution < 1.29 is 22.8 Å². The number of aromatic carboxylic acids is 1. The molecule has 0 saturated heterocycles. The number of carbonyl (C=O) groups is 1. The number of rotatable bonds is 5. The third kappa shape index (κ3) is 3.12. The lowest BCUT2D eigenvalue weighted by atomic mass is 10.4. The fourth-order valence-electron chi connectivity index (χ4n) is 1.79. The van der Waals surface area contributed by atoms with Gasteiger partial charge in [0.05, 0.1) is 6.04 Å². The van der Waals surface area contributed by atoms with E-state index in [1.807, 2.05) is 0 Å². The minimum absolute atomic E-state index is 0.00985. The zero-order valence-corrected chi connectivity index (χ0v) is 13.1. The van der Waals surface area contributed by atoms with Gasteiger partial charge < -0.3 is 9.63 Å². The number of aromatic nitrogens is 2. The molecule has 2 N–H and O–H groups in total. The monoisotopic (exact) mass is 331 g/mol. The molecular weight excluding hydrogens is 318 g/mol. The average Bonchev–Trinajstić information content (AvgIpc) is 2.96. The summed E-state index contributed by atoms with van der Waals surface area (Å²) in [4.78, 5) is 14.6. The summed E-state index contributed by atoms with van der Waals surface area (Å²) in [7, 11) is -3.82. The highest BCUT2D eigenvalue weighted by molar-refractivity contribution is 7.89. The van der Waals surface area contributed by atoms with Crippen LogP contribution in [0.2, 0.25) is 0 Å². The lowest BCUT2D eigenvalue weighted by Crippen LogP contribution is -2.27. The summed E-state index contributed by atoms with van der Waals surface area (Å²) in [5, 5.41) is 14.1. The fraction of sp³-hybridized carbons (Fsp3) is 0.364. The summed E-state index contributed by atoms with van der Waals surface area (Å²) in [5.41, 5.74) is 0.149. The van der Waals surface area contributed by atoms with Crippen molar-refractivity contribution in [2.45, 2.75) is 31.7 Å². The summed E-state index contributed by atoms with van der Waals surface area (Å²) >= 11 is 1.07. The maximum absolute atomic E-state index is 12.3. The van der Waals surface area contributed by atoms with Crippen molar-refractivity contribution in [3.05, 3.63) is 27.5 Å². The van der Waals surface area contributed by atoms with Gasteiger partial charge in [-0.25, -0.2) is 22.9 Å². The van der Waals surface area contributed by atoms with Gasteiger partial charge in [0.25, 0.3) is 0 Å². The first-order valence-corrected chi connectivity index (χ1v) is 8.22. The van der Waals surface area contributed by atoms with Gasteiger partial charge in [0, 0.05) is 5.38 Å². The van der Waals surface area contributed by atoms with Crippen molar-refractivity contribution in [1.29, 1.82) is 0 Å². The second-order valence-corrected chi connectivity index (χ2v) is 6.91. The first kappa shape index (κ1) is 15.6. The van der Waals surface area contributed by atoms with Gasteiger partial charge in [0.15, 0.2) is 11.5 Å². The Morgan fingerprint density at radius 1 is 1.48 bits per heavy atom. The van der Waals surface area contributed by atoms with E-state index in [2.05, 4.69) is 14.9 Å². The molecule has 2 heterocycles. The third-order valence-electron chi connectivity index (χ3n) is 2.68. The predicted octanol–water partition coefficient (Wildman–Crippen LogP) is 1.49. The molecule has 2 rings (SSSR count). The Morgan fingerprint density at radius 3 is 2.62 bits per heavy atom. The third-order valence-corrected chi connectivity index (χ3v) is 5.49. The number of hydrogen-bond acceptors (Lipinski definition) is 7. The van der Waals surface area contributed by atoms with Crippen LogP contribution in [-0.2, 0) is 10.0 Å². The number of aryl methyl sites for hydroxylation is 2. The Bertz CT molecular complexity index is 758. The van der Waals surface area contributed by atoms with E-state index >= 15 is 0 Å². The van der Waals surface area contributed by atoms with Crippen LogP contribution in [0.3, 0.4) is 0 Å². The normalized spacial score (nSPS) is 13.3. The molecule has 2 aromatic rings. The molecule has 114 valence electrons. The molecule has 1 atom stereocenters. The minimum atomic E-state index is -3.82. The van der Waals surface area contributed by atoms with Crippen molar-refractivity contribution in [3.8, 4) is 0 Å². The van der Waals surface area contributed by atoms with Crippen LogP contribution >= 0.6 is 11.3 Å². The Morgan fingerprint density at radius 2 is 2.14 bits per heavy atom. The Balaban J connectivity index is 2.26. The summed E-state index contributed by atoms with van der Waals surface area (Å²) in [6.45, 7) is 4.62. The number of sulfonamides is 1. The molecule has 0 amide bonds. The van der Waals surface area contributed by atoms with Gasteiger partial charge in [-0.1, -0.05) is 5.16 Å². The van der Waals surface area contributed by atoms with Gasteiger partial charge in [-0.2, -0.15) is 0 Å². The first-order chi connectivity index (χ1) is 9.72. The van der Waals surface area contributed by atoms with E-state index in [0.29, 0.717) is 5.01 Å². The van der Waals surface area contributed by atoms with Gasteiger partial charge in [-0.3, -0.25) is 0 Å². The average molecular weight is 331 g/mol. The van der Waals surface area contributed by atoms with Crippen LogP contribution in [0.25, 0.3) is 0 Å². The van der Waals surface area contributed by atoms with E-state index in [4.69, 9.17) is 9.63 Å². The van der Waals surface area contributed by atoms with Crippen LogP contribution in [0.15, 0.2) is 14.8 Å². The first-order valence-electron chi connectivity index (χ1n) is 5.86. The maximum atomic E-state index is 12.3. The van der Waals surface area contributed by atoms with Crippen molar-refractivity contribution in [2.75, 3.05) is 0 Å². The Labute approximate surface area is 124 Å². The van der Waals surface area contributed by atoms with E-state index in [9.17, 15) is 13.2 Å². The summed E-state index contributed by atoms with van der Waals surface area (Å²) < 4.78 is 31.9. The van der Waals surface area contributed by atoms with Gasteiger partial charge in [0.1, 0.15) is 15.6 Å². The predicted molar refractivity (Wildman–Crippen MR) is 73.8 cm³/mol. The summed E-state index contributed by atoms with van der Waals surface area (Å²) in [6.07, 6.45) is 0.